The summed E-state index contributed by atoms with van der Waals surface area (Å²) in [7, 11) is 0. The van der Waals surface area contributed by atoms with Gasteiger partial charge in [-0.2, -0.15) is 0 Å². The number of hydrogen-bond acceptors (Lipinski definition) is 6. The van der Waals surface area contributed by atoms with Crippen LogP contribution in [0.3, 0.4) is 0 Å². The second kappa shape index (κ2) is 39.1. The van der Waals surface area contributed by atoms with Crippen molar-refractivity contribution in [2.75, 3.05) is 32.8 Å². The minimum absolute atomic E-state index is 0.0131. The number of aliphatic hydroxyl groups is 1. The molecule has 0 fully saturated rings. The molecule has 0 radical (unpaired) electrons. The van der Waals surface area contributed by atoms with E-state index in [1.807, 2.05) is 0 Å². The van der Waals surface area contributed by atoms with Crippen LogP contribution in [0.15, 0.2) is 0 Å². The standard InChI is InChI=1S/C44H87NO5/c1-5-8-11-14-18-25-32-42(33-26-19-15-12-9-6-2)50-44(48)35-28-21-17-23-30-37-45(38-39-46)36-29-22-16-20-27-34-43(47)49-40-41(4)31-24-13-10-7-3/h41-42,46H,5-40H2,1-4H3. The summed E-state index contributed by atoms with van der Waals surface area (Å²) in [5.74, 6) is 0.440. The maximum absolute atomic E-state index is 12.7. The van der Waals surface area contributed by atoms with Crippen LogP contribution in [0.5, 0.6) is 0 Å². The predicted octanol–water partition coefficient (Wildman–Crippen LogP) is 12.5. The second-order valence-corrected chi connectivity index (χ2v) is 15.5. The van der Waals surface area contributed by atoms with E-state index in [4.69, 9.17) is 9.47 Å². The molecule has 0 amide bonds. The average molecular weight is 710 g/mol. The zero-order valence-electron chi connectivity index (χ0n) is 34.1. The predicted molar refractivity (Wildman–Crippen MR) is 214 cm³/mol. The normalized spacial score (nSPS) is 12.2. The SMILES string of the molecule is CCCCCCCCC(CCCCCCCC)OC(=O)CCCCCCCN(CCO)CCCCCCCC(=O)OCC(C)CCCCCC. The zero-order chi connectivity index (χ0) is 36.8. The van der Waals surface area contributed by atoms with Crippen LogP contribution in [0.25, 0.3) is 0 Å². The Bertz CT molecular complexity index is 701. The van der Waals surface area contributed by atoms with Crippen molar-refractivity contribution in [1.29, 1.82) is 0 Å². The molecule has 0 aliphatic carbocycles. The van der Waals surface area contributed by atoms with Gasteiger partial charge in [-0.1, -0.05) is 156 Å². The van der Waals surface area contributed by atoms with Gasteiger partial charge in [0.15, 0.2) is 0 Å². The molecule has 0 aliphatic rings. The van der Waals surface area contributed by atoms with Gasteiger partial charge in [0.1, 0.15) is 6.10 Å². The molecule has 50 heavy (non-hydrogen) atoms. The molecule has 298 valence electrons. The van der Waals surface area contributed by atoms with Gasteiger partial charge in [-0.05, 0) is 76.8 Å². The molecule has 0 rings (SSSR count). The average Bonchev–Trinajstić information content (AvgIpc) is 3.11. The van der Waals surface area contributed by atoms with Crippen molar-refractivity contribution < 1.29 is 24.2 Å². The maximum atomic E-state index is 12.7. The van der Waals surface area contributed by atoms with Crippen LogP contribution >= 0.6 is 0 Å². The number of ether oxygens (including phenoxy) is 2. The minimum Gasteiger partial charge on any atom is -0.465 e. The van der Waals surface area contributed by atoms with Crippen molar-refractivity contribution in [3.63, 3.8) is 0 Å². The van der Waals surface area contributed by atoms with Gasteiger partial charge in [0.05, 0.1) is 13.2 Å². The molecule has 1 unspecified atom stereocenters. The lowest BCUT2D eigenvalue weighted by molar-refractivity contribution is -0.150. The van der Waals surface area contributed by atoms with Gasteiger partial charge in [-0.15, -0.1) is 0 Å². The van der Waals surface area contributed by atoms with Gasteiger partial charge >= 0.3 is 11.9 Å². The Kier molecular flexibility index (Phi) is 38.2. The van der Waals surface area contributed by atoms with E-state index in [9.17, 15) is 14.7 Å². The minimum atomic E-state index is -0.0364. The number of rotatable bonds is 40. The van der Waals surface area contributed by atoms with Crippen molar-refractivity contribution in [1.82, 2.24) is 4.90 Å². The van der Waals surface area contributed by atoms with Crippen molar-refractivity contribution >= 4 is 11.9 Å². The number of carbonyl (C=O) groups is 2. The van der Waals surface area contributed by atoms with Gasteiger partial charge in [-0.3, -0.25) is 9.59 Å². The Morgan fingerprint density at radius 1 is 0.500 bits per heavy atom. The summed E-state index contributed by atoms with van der Waals surface area (Å²) in [6, 6.07) is 0. The van der Waals surface area contributed by atoms with Crippen LogP contribution in [-0.4, -0.2) is 60.9 Å². The Labute approximate surface area is 312 Å². The van der Waals surface area contributed by atoms with Gasteiger partial charge in [0, 0.05) is 19.4 Å². The first kappa shape index (κ1) is 48.9. The van der Waals surface area contributed by atoms with Crippen LogP contribution in [0.2, 0.25) is 0 Å². The summed E-state index contributed by atoms with van der Waals surface area (Å²) in [5, 5.41) is 9.54. The fourth-order valence-corrected chi connectivity index (χ4v) is 6.87. The van der Waals surface area contributed by atoms with Crippen LogP contribution in [0.1, 0.15) is 227 Å². The summed E-state index contributed by atoms with van der Waals surface area (Å²) >= 11 is 0. The lowest BCUT2D eigenvalue weighted by atomic mass is 10.0. The smallest absolute Gasteiger partial charge is 0.306 e. The fourth-order valence-electron chi connectivity index (χ4n) is 6.87. The van der Waals surface area contributed by atoms with Crippen LogP contribution in [0.4, 0.5) is 0 Å². The number of carbonyl (C=O) groups excluding carboxylic acids is 2. The van der Waals surface area contributed by atoms with E-state index in [1.165, 1.54) is 116 Å². The molecule has 0 aliphatic heterocycles. The van der Waals surface area contributed by atoms with E-state index in [2.05, 4.69) is 32.6 Å². The molecule has 1 N–H and O–H groups in total. The molecule has 0 aromatic heterocycles. The highest BCUT2D eigenvalue weighted by Crippen LogP contribution is 2.19. The van der Waals surface area contributed by atoms with Crippen molar-refractivity contribution in [3.8, 4) is 0 Å². The molecule has 1 atom stereocenters. The van der Waals surface area contributed by atoms with E-state index < -0.39 is 0 Å². The summed E-state index contributed by atoms with van der Waals surface area (Å²) in [5.41, 5.74) is 0. The monoisotopic (exact) mass is 710 g/mol. The van der Waals surface area contributed by atoms with E-state index in [1.54, 1.807) is 0 Å². The molecule has 0 saturated heterocycles. The summed E-state index contributed by atoms with van der Waals surface area (Å²) in [6.07, 6.45) is 35.8. The number of nitrogens with zero attached hydrogens (tertiary/aromatic N) is 1. The quantitative estimate of drug-likeness (QED) is 0.0504. The van der Waals surface area contributed by atoms with Gasteiger partial charge in [-0.25, -0.2) is 0 Å². The topological polar surface area (TPSA) is 76.1 Å². The molecule has 0 aromatic rings. The first-order valence-electron chi connectivity index (χ1n) is 22.1. The fraction of sp³-hybridized carbons (Fsp3) is 0.955. The molecule has 0 bridgehead atoms. The molecule has 0 spiro atoms. The summed E-state index contributed by atoms with van der Waals surface area (Å²) in [4.78, 5) is 27.2. The zero-order valence-corrected chi connectivity index (χ0v) is 34.1. The van der Waals surface area contributed by atoms with Gasteiger partial charge < -0.3 is 19.5 Å². The van der Waals surface area contributed by atoms with Crippen molar-refractivity contribution in [2.24, 2.45) is 5.92 Å². The van der Waals surface area contributed by atoms with Crippen LogP contribution in [-0.2, 0) is 19.1 Å². The first-order valence-corrected chi connectivity index (χ1v) is 22.1. The number of aliphatic hydroxyl groups excluding tert-OH is 1. The number of unbranched alkanes of at least 4 members (excludes halogenated alkanes) is 21. The van der Waals surface area contributed by atoms with E-state index >= 15 is 0 Å². The highest BCUT2D eigenvalue weighted by atomic mass is 16.5. The Morgan fingerprint density at radius 2 is 0.900 bits per heavy atom. The first-order chi connectivity index (χ1) is 24.5. The molecule has 6 nitrogen and oxygen atoms in total. The lowest BCUT2D eigenvalue weighted by Gasteiger charge is -2.21. The Balaban J connectivity index is 3.99. The largest absolute Gasteiger partial charge is 0.465 e. The van der Waals surface area contributed by atoms with Crippen LogP contribution < -0.4 is 0 Å². The molecule has 0 aromatic carbocycles. The maximum Gasteiger partial charge on any atom is 0.306 e. The molecule has 0 heterocycles. The third-order valence-corrected chi connectivity index (χ3v) is 10.3. The van der Waals surface area contributed by atoms with Crippen molar-refractivity contribution in [2.45, 2.75) is 233 Å². The third-order valence-electron chi connectivity index (χ3n) is 10.3. The summed E-state index contributed by atoms with van der Waals surface area (Å²) < 4.78 is 11.5. The summed E-state index contributed by atoms with van der Waals surface area (Å²) in [6.45, 7) is 12.5. The van der Waals surface area contributed by atoms with Gasteiger partial charge in [0.2, 0.25) is 0 Å². The lowest BCUT2D eigenvalue weighted by Crippen LogP contribution is -2.29. The molecule has 6 heteroatoms. The number of esters is 2. The van der Waals surface area contributed by atoms with E-state index in [-0.39, 0.29) is 24.6 Å². The van der Waals surface area contributed by atoms with E-state index in [0.29, 0.717) is 25.4 Å². The van der Waals surface area contributed by atoms with Crippen LogP contribution in [0, 0.1) is 5.92 Å². The second-order valence-electron chi connectivity index (χ2n) is 15.5. The highest BCUT2D eigenvalue weighted by molar-refractivity contribution is 5.69. The van der Waals surface area contributed by atoms with Gasteiger partial charge in [0.25, 0.3) is 0 Å². The Hall–Kier alpha value is -1.14. The molecular formula is C44H87NO5. The van der Waals surface area contributed by atoms with Crippen molar-refractivity contribution in [3.05, 3.63) is 0 Å². The third kappa shape index (κ3) is 35.3. The highest BCUT2D eigenvalue weighted by Gasteiger charge is 2.14. The molecule has 0 saturated carbocycles. The van der Waals surface area contributed by atoms with E-state index in [0.717, 1.165) is 90.3 Å². The molecular weight excluding hydrogens is 622 g/mol. The Morgan fingerprint density at radius 3 is 1.40 bits per heavy atom. The number of hydrogen-bond donors (Lipinski definition) is 1.